The summed E-state index contributed by atoms with van der Waals surface area (Å²) in [4.78, 5) is 16.7. The van der Waals surface area contributed by atoms with E-state index < -0.39 is 10.0 Å². The van der Waals surface area contributed by atoms with Crippen molar-refractivity contribution < 1.29 is 17.7 Å². The van der Waals surface area contributed by atoms with Crippen LogP contribution in [0.25, 0.3) is 0 Å². The highest BCUT2D eigenvalue weighted by atomic mass is 32.2. The van der Waals surface area contributed by atoms with Crippen LogP contribution in [0.4, 0.5) is 0 Å². The van der Waals surface area contributed by atoms with Gasteiger partial charge in [-0.05, 0) is 37.0 Å². The van der Waals surface area contributed by atoms with Gasteiger partial charge in [-0.1, -0.05) is 44.5 Å². The number of benzene rings is 1. The summed E-state index contributed by atoms with van der Waals surface area (Å²) in [6.45, 7) is 7.32. The number of carbonyl (C=O) groups excluding carboxylic acids is 1. The molecule has 8 nitrogen and oxygen atoms in total. The maximum atomic E-state index is 12.7. The van der Waals surface area contributed by atoms with E-state index in [1.165, 1.54) is 0 Å². The topological polar surface area (TPSA) is 105 Å². The van der Waals surface area contributed by atoms with Crippen LogP contribution >= 0.6 is 0 Å². The number of nitrogens with zero attached hydrogens (tertiary/aromatic N) is 3. The number of nitrogens with one attached hydrogen (secondary N) is 1. The third kappa shape index (κ3) is 5.66. The van der Waals surface area contributed by atoms with E-state index >= 15 is 0 Å². The Bertz CT molecular complexity index is 956. The molecular formula is C21H30N4O4S. The van der Waals surface area contributed by atoms with Gasteiger partial charge in [-0.25, -0.2) is 8.42 Å². The van der Waals surface area contributed by atoms with Gasteiger partial charge in [0, 0.05) is 24.9 Å². The van der Waals surface area contributed by atoms with Gasteiger partial charge in [0.1, 0.15) is 0 Å². The minimum Gasteiger partial charge on any atom is -0.349 e. The van der Waals surface area contributed by atoms with Crippen molar-refractivity contribution in [2.75, 3.05) is 13.1 Å². The van der Waals surface area contributed by atoms with Crippen molar-refractivity contribution in [3.8, 4) is 0 Å². The summed E-state index contributed by atoms with van der Waals surface area (Å²) >= 11 is 0. The zero-order valence-electron chi connectivity index (χ0n) is 17.8. The summed E-state index contributed by atoms with van der Waals surface area (Å²) in [5.74, 6) is 0.856. The summed E-state index contributed by atoms with van der Waals surface area (Å²) in [6.07, 6.45) is 3.72. The number of hydrogen-bond acceptors (Lipinski definition) is 6. The lowest BCUT2D eigenvalue weighted by molar-refractivity contribution is -0.121. The minimum absolute atomic E-state index is 0.123. The van der Waals surface area contributed by atoms with Crippen LogP contribution in [0.2, 0.25) is 0 Å². The van der Waals surface area contributed by atoms with Crippen LogP contribution in [-0.4, -0.2) is 41.9 Å². The Hall–Kier alpha value is -2.26. The zero-order chi connectivity index (χ0) is 21.8. The molecule has 0 atom stereocenters. The highest BCUT2D eigenvalue weighted by molar-refractivity contribution is 7.89. The molecule has 0 radical (unpaired) electrons. The smallest absolute Gasteiger partial charge is 0.243 e. The van der Waals surface area contributed by atoms with Gasteiger partial charge in [-0.2, -0.15) is 9.29 Å². The lowest BCUT2D eigenvalue weighted by Crippen LogP contribution is -2.35. The molecule has 1 fully saturated rings. The van der Waals surface area contributed by atoms with Gasteiger partial charge in [-0.15, -0.1) is 0 Å². The summed E-state index contributed by atoms with van der Waals surface area (Å²) in [6, 6.07) is 6.81. The number of piperidine rings is 1. The van der Waals surface area contributed by atoms with Crippen molar-refractivity contribution >= 4 is 15.9 Å². The molecule has 164 valence electrons. The van der Waals surface area contributed by atoms with E-state index in [2.05, 4.69) is 15.5 Å². The molecule has 1 saturated heterocycles. The molecule has 1 aromatic heterocycles. The monoisotopic (exact) mass is 434 g/mol. The molecule has 1 aliphatic heterocycles. The molecule has 2 heterocycles. The molecule has 1 aliphatic rings. The maximum absolute atomic E-state index is 12.7. The second-order valence-corrected chi connectivity index (χ2v) is 10.6. The van der Waals surface area contributed by atoms with Crippen LogP contribution in [-0.2, 0) is 33.2 Å². The third-order valence-corrected chi connectivity index (χ3v) is 6.98. The largest absolute Gasteiger partial charge is 0.349 e. The average molecular weight is 435 g/mol. The van der Waals surface area contributed by atoms with E-state index in [1.807, 2.05) is 20.8 Å². The fraction of sp³-hybridized carbons (Fsp3) is 0.571. The van der Waals surface area contributed by atoms with Gasteiger partial charge in [-0.3, -0.25) is 4.79 Å². The van der Waals surface area contributed by atoms with E-state index in [-0.39, 0.29) is 17.9 Å². The standard InChI is InChI=1S/C21H30N4O4S/c1-21(2,3)20-23-18(24-29-20)15-22-19(26)12-9-16-7-10-17(11-8-16)30(27,28)25-13-5-4-6-14-25/h7-8,10-11H,4-6,9,12-15H2,1-3H3,(H,22,26). The van der Waals surface area contributed by atoms with E-state index in [0.717, 1.165) is 24.8 Å². The van der Waals surface area contributed by atoms with Crippen molar-refractivity contribution in [3.63, 3.8) is 0 Å². The minimum atomic E-state index is -3.43. The number of sulfonamides is 1. The molecule has 2 aromatic rings. The first-order valence-electron chi connectivity index (χ1n) is 10.3. The number of amides is 1. The molecule has 0 aliphatic carbocycles. The van der Waals surface area contributed by atoms with Crippen molar-refractivity contribution in [1.29, 1.82) is 0 Å². The van der Waals surface area contributed by atoms with Gasteiger partial charge in [0.05, 0.1) is 11.4 Å². The predicted octanol–water partition coefficient (Wildman–Crippen LogP) is 2.79. The van der Waals surface area contributed by atoms with Gasteiger partial charge in [0.25, 0.3) is 0 Å². The normalized spacial score (nSPS) is 15.8. The van der Waals surface area contributed by atoms with Crippen molar-refractivity contribution in [2.45, 2.75) is 69.7 Å². The molecule has 1 amide bonds. The van der Waals surface area contributed by atoms with E-state index in [9.17, 15) is 13.2 Å². The molecule has 0 unspecified atom stereocenters. The first-order chi connectivity index (χ1) is 14.2. The van der Waals surface area contributed by atoms with Crippen LogP contribution in [0.5, 0.6) is 0 Å². The highest BCUT2D eigenvalue weighted by Gasteiger charge is 2.25. The van der Waals surface area contributed by atoms with Crippen molar-refractivity contribution in [2.24, 2.45) is 0 Å². The second-order valence-electron chi connectivity index (χ2n) is 8.65. The van der Waals surface area contributed by atoms with Gasteiger partial charge < -0.3 is 9.84 Å². The Labute approximate surface area is 178 Å². The number of carbonyl (C=O) groups is 1. The Kier molecular flexibility index (Phi) is 6.92. The van der Waals surface area contributed by atoms with Gasteiger partial charge >= 0.3 is 0 Å². The molecule has 3 rings (SSSR count). The Morgan fingerprint density at radius 2 is 1.80 bits per heavy atom. The molecule has 0 bridgehead atoms. The maximum Gasteiger partial charge on any atom is 0.243 e. The number of aryl methyl sites for hydroxylation is 1. The second kappa shape index (κ2) is 9.26. The molecule has 30 heavy (non-hydrogen) atoms. The number of rotatable bonds is 7. The average Bonchev–Trinajstić information content (AvgIpc) is 3.21. The van der Waals surface area contributed by atoms with E-state index in [4.69, 9.17) is 4.52 Å². The van der Waals surface area contributed by atoms with Crippen molar-refractivity contribution in [3.05, 3.63) is 41.5 Å². The molecule has 0 spiro atoms. The summed E-state index contributed by atoms with van der Waals surface area (Å²) < 4.78 is 32.1. The Morgan fingerprint density at radius 1 is 1.13 bits per heavy atom. The molecular weight excluding hydrogens is 404 g/mol. The van der Waals surface area contributed by atoms with Gasteiger partial charge in [0.2, 0.25) is 21.8 Å². The zero-order valence-corrected chi connectivity index (χ0v) is 18.7. The summed E-state index contributed by atoms with van der Waals surface area (Å²) in [7, 11) is -3.43. The first-order valence-corrected chi connectivity index (χ1v) is 11.8. The summed E-state index contributed by atoms with van der Waals surface area (Å²) in [5, 5.41) is 6.67. The van der Waals surface area contributed by atoms with Gasteiger partial charge in [0.15, 0.2) is 5.82 Å². The third-order valence-electron chi connectivity index (χ3n) is 5.07. The molecule has 1 N–H and O–H groups in total. The van der Waals surface area contributed by atoms with Crippen LogP contribution in [0.3, 0.4) is 0 Å². The molecule has 1 aromatic carbocycles. The summed E-state index contributed by atoms with van der Waals surface area (Å²) in [5.41, 5.74) is 0.681. The lowest BCUT2D eigenvalue weighted by Gasteiger charge is -2.25. The van der Waals surface area contributed by atoms with Crippen LogP contribution < -0.4 is 5.32 Å². The Morgan fingerprint density at radius 3 is 2.40 bits per heavy atom. The Balaban J connectivity index is 1.48. The van der Waals surface area contributed by atoms with Crippen molar-refractivity contribution in [1.82, 2.24) is 19.8 Å². The van der Waals surface area contributed by atoms with E-state index in [0.29, 0.717) is 42.5 Å². The fourth-order valence-corrected chi connectivity index (χ4v) is 4.75. The van der Waals surface area contributed by atoms with Crippen LogP contribution in [0, 0.1) is 0 Å². The fourth-order valence-electron chi connectivity index (χ4n) is 3.24. The lowest BCUT2D eigenvalue weighted by atomic mass is 9.97. The molecule has 0 saturated carbocycles. The first kappa shape index (κ1) is 22.4. The SMILES string of the molecule is CC(C)(C)c1nc(CNC(=O)CCc2ccc(S(=O)(=O)N3CCCCC3)cc2)no1. The van der Waals surface area contributed by atoms with Crippen LogP contribution in [0.15, 0.2) is 33.7 Å². The van der Waals surface area contributed by atoms with Crippen LogP contribution in [0.1, 0.15) is 63.7 Å². The molecule has 9 heteroatoms. The van der Waals surface area contributed by atoms with E-state index in [1.54, 1.807) is 28.6 Å². The number of hydrogen-bond donors (Lipinski definition) is 1. The number of aromatic nitrogens is 2. The predicted molar refractivity (Wildman–Crippen MR) is 112 cm³/mol. The quantitative estimate of drug-likeness (QED) is 0.718. The highest BCUT2D eigenvalue weighted by Crippen LogP contribution is 2.21.